The molecular formula is C21H15BrN6OS2. The molecule has 0 radical (unpaired) electrons. The number of halogens is 1. The summed E-state index contributed by atoms with van der Waals surface area (Å²) in [6.07, 6.45) is 1.63. The van der Waals surface area contributed by atoms with Gasteiger partial charge in [-0.25, -0.2) is 9.97 Å². The number of carbonyl (C=O) groups is 1. The number of anilines is 2. The van der Waals surface area contributed by atoms with Crippen LogP contribution in [0.15, 0.2) is 81.1 Å². The van der Waals surface area contributed by atoms with Crippen LogP contribution in [0.5, 0.6) is 0 Å². The third kappa shape index (κ3) is 5.29. The van der Waals surface area contributed by atoms with Gasteiger partial charge in [0.05, 0.1) is 21.4 Å². The van der Waals surface area contributed by atoms with Crippen LogP contribution in [0.4, 0.5) is 10.3 Å². The van der Waals surface area contributed by atoms with Crippen molar-refractivity contribution in [3.8, 4) is 11.3 Å². The maximum atomic E-state index is 13.0. The van der Waals surface area contributed by atoms with Crippen molar-refractivity contribution in [2.75, 3.05) is 10.7 Å². The zero-order valence-corrected chi connectivity index (χ0v) is 19.1. The highest BCUT2D eigenvalue weighted by Gasteiger charge is 2.21. The Kier molecular flexibility index (Phi) is 6.60. The molecule has 4 rings (SSSR count). The number of rotatable bonds is 7. The molecule has 0 aliphatic heterocycles. The summed E-state index contributed by atoms with van der Waals surface area (Å²) in [7, 11) is 0. The van der Waals surface area contributed by atoms with E-state index in [-0.39, 0.29) is 11.4 Å². The molecule has 7 nitrogen and oxygen atoms in total. The predicted molar refractivity (Wildman–Crippen MR) is 130 cm³/mol. The van der Waals surface area contributed by atoms with Crippen molar-refractivity contribution in [1.29, 1.82) is 5.41 Å². The molecule has 0 fully saturated rings. The Hall–Kier alpha value is -3.21. The number of benzene rings is 2. The first-order valence-corrected chi connectivity index (χ1v) is 11.5. The standard InChI is InChI=1S/C21H15BrN6OS2/c22-16-11-24-20(31-16)28-27-18(17(23)14-9-5-2-6-10-14)19(29)26-21-25-15(12-30-21)13-7-3-1-4-8-13/h1-12,23H,(H,24,28)(H,25,26,29)/b23-17?,27-18+. The first-order chi connectivity index (χ1) is 15.1. The molecule has 2 heterocycles. The second-order valence-corrected chi connectivity index (χ2v) is 9.41. The van der Waals surface area contributed by atoms with E-state index in [0.717, 1.165) is 15.0 Å². The molecule has 0 spiro atoms. The summed E-state index contributed by atoms with van der Waals surface area (Å²) >= 11 is 5.98. The van der Waals surface area contributed by atoms with E-state index in [1.54, 1.807) is 30.5 Å². The Balaban J connectivity index is 1.57. The number of thiazole rings is 2. The zero-order valence-electron chi connectivity index (χ0n) is 15.9. The fourth-order valence-electron chi connectivity index (χ4n) is 2.60. The molecule has 10 heteroatoms. The molecule has 0 aliphatic rings. The highest BCUT2D eigenvalue weighted by atomic mass is 79.9. The van der Waals surface area contributed by atoms with E-state index in [1.807, 2.05) is 41.8 Å². The molecule has 0 saturated heterocycles. The smallest absolute Gasteiger partial charge is 0.280 e. The van der Waals surface area contributed by atoms with Gasteiger partial charge in [0.15, 0.2) is 10.8 Å². The van der Waals surface area contributed by atoms with Crippen LogP contribution in [-0.4, -0.2) is 27.3 Å². The SMILES string of the molecule is N=C(/C(=N\Nc1ncc(Br)s1)C(=O)Nc1nc(-c2ccccc2)cs1)c1ccccc1. The number of hydrazone groups is 1. The number of amides is 1. The van der Waals surface area contributed by atoms with Crippen molar-refractivity contribution in [2.45, 2.75) is 0 Å². The van der Waals surface area contributed by atoms with Crippen molar-refractivity contribution >= 4 is 66.2 Å². The van der Waals surface area contributed by atoms with Gasteiger partial charge in [-0.3, -0.25) is 20.9 Å². The van der Waals surface area contributed by atoms with Gasteiger partial charge >= 0.3 is 0 Å². The number of carbonyl (C=O) groups excluding carboxylic acids is 1. The number of hydrogen-bond acceptors (Lipinski definition) is 8. The summed E-state index contributed by atoms with van der Waals surface area (Å²) < 4.78 is 0.825. The minimum Gasteiger partial charge on any atom is -0.298 e. The summed E-state index contributed by atoms with van der Waals surface area (Å²) in [6.45, 7) is 0. The summed E-state index contributed by atoms with van der Waals surface area (Å²) in [4.78, 5) is 21.6. The molecular weight excluding hydrogens is 496 g/mol. The highest BCUT2D eigenvalue weighted by Crippen LogP contribution is 2.25. The zero-order chi connectivity index (χ0) is 21.6. The summed E-state index contributed by atoms with van der Waals surface area (Å²) in [5.41, 5.74) is 4.97. The van der Waals surface area contributed by atoms with E-state index >= 15 is 0 Å². The Morgan fingerprint density at radius 1 is 1.03 bits per heavy atom. The Morgan fingerprint density at radius 2 is 1.74 bits per heavy atom. The normalized spacial score (nSPS) is 11.2. The van der Waals surface area contributed by atoms with Gasteiger partial charge in [-0.15, -0.1) is 11.3 Å². The molecule has 2 aromatic carbocycles. The highest BCUT2D eigenvalue weighted by molar-refractivity contribution is 9.11. The second kappa shape index (κ2) is 9.73. The average Bonchev–Trinajstić information content (AvgIpc) is 3.44. The Labute approximate surface area is 194 Å². The van der Waals surface area contributed by atoms with Gasteiger partial charge in [0.25, 0.3) is 5.91 Å². The van der Waals surface area contributed by atoms with Crippen LogP contribution in [0.1, 0.15) is 5.56 Å². The summed E-state index contributed by atoms with van der Waals surface area (Å²) in [5.74, 6) is -0.536. The van der Waals surface area contributed by atoms with Crippen molar-refractivity contribution in [3.05, 3.63) is 81.6 Å². The molecule has 0 atom stereocenters. The van der Waals surface area contributed by atoms with Gasteiger partial charge in [-0.1, -0.05) is 72.0 Å². The van der Waals surface area contributed by atoms with Gasteiger partial charge in [0.2, 0.25) is 5.13 Å². The van der Waals surface area contributed by atoms with Gasteiger partial charge in [0, 0.05) is 16.5 Å². The lowest BCUT2D eigenvalue weighted by Crippen LogP contribution is -2.31. The van der Waals surface area contributed by atoms with Crippen molar-refractivity contribution < 1.29 is 4.79 Å². The van der Waals surface area contributed by atoms with Gasteiger partial charge < -0.3 is 0 Å². The first kappa shape index (κ1) is 21.0. The van der Waals surface area contributed by atoms with Gasteiger partial charge in [-0.2, -0.15) is 5.10 Å². The van der Waals surface area contributed by atoms with Crippen LogP contribution >= 0.6 is 38.6 Å². The van der Waals surface area contributed by atoms with E-state index in [1.165, 1.54) is 22.7 Å². The van der Waals surface area contributed by atoms with E-state index in [4.69, 9.17) is 5.41 Å². The topological polar surface area (TPSA) is 103 Å². The van der Waals surface area contributed by atoms with Gasteiger partial charge in [0.1, 0.15) is 0 Å². The number of hydrogen-bond donors (Lipinski definition) is 3. The van der Waals surface area contributed by atoms with Crippen LogP contribution < -0.4 is 10.7 Å². The van der Waals surface area contributed by atoms with E-state index in [2.05, 4.69) is 41.7 Å². The summed E-state index contributed by atoms with van der Waals surface area (Å²) in [6, 6.07) is 18.7. The largest absolute Gasteiger partial charge is 0.298 e. The van der Waals surface area contributed by atoms with Crippen LogP contribution in [0, 0.1) is 5.41 Å². The lowest BCUT2D eigenvalue weighted by atomic mass is 10.1. The molecule has 4 aromatic rings. The average molecular weight is 511 g/mol. The molecule has 0 bridgehead atoms. The van der Waals surface area contributed by atoms with Crippen molar-refractivity contribution in [3.63, 3.8) is 0 Å². The minimum atomic E-state index is -0.536. The molecule has 31 heavy (non-hydrogen) atoms. The molecule has 0 unspecified atom stereocenters. The molecule has 3 N–H and O–H groups in total. The third-order valence-electron chi connectivity index (χ3n) is 4.05. The molecule has 154 valence electrons. The monoisotopic (exact) mass is 510 g/mol. The first-order valence-electron chi connectivity index (χ1n) is 9.02. The van der Waals surface area contributed by atoms with Crippen LogP contribution in [0.2, 0.25) is 0 Å². The van der Waals surface area contributed by atoms with Crippen molar-refractivity contribution in [2.24, 2.45) is 5.10 Å². The number of nitrogens with one attached hydrogen (secondary N) is 3. The van der Waals surface area contributed by atoms with Crippen LogP contribution in [-0.2, 0) is 4.79 Å². The lowest BCUT2D eigenvalue weighted by Gasteiger charge is -2.08. The quantitative estimate of drug-likeness (QED) is 0.225. The molecule has 0 saturated carbocycles. The molecule has 2 aromatic heterocycles. The fourth-order valence-corrected chi connectivity index (χ4v) is 4.36. The molecule has 1 amide bonds. The van der Waals surface area contributed by atoms with E-state index in [9.17, 15) is 4.79 Å². The number of aromatic nitrogens is 2. The molecule has 0 aliphatic carbocycles. The van der Waals surface area contributed by atoms with Crippen LogP contribution in [0.3, 0.4) is 0 Å². The minimum absolute atomic E-state index is 0.0129. The second-order valence-electron chi connectivity index (χ2n) is 6.14. The maximum Gasteiger partial charge on any atom is 0.280 e. The fraction of sp³-hybridized carbons (Fsp3) is 0. The summed E-state index contributed by atoms with van der Waals surface area (Å²) in [5, 5.41) is 18.2. The maximum absolute atomic E-state index is 13.0. The third-order valence-corrected chi connectivity index (χ3v) is 6.19. The number of nitrogens with zero attached hydrogens (tertiary/aromatic N) is 3. The van der Waals surface area contributed by atoms with Gasteiger partial charge in [-0.05, 0) is 15.9 Å². The Morgan fingerprint density at radius 3 is 2.42 bits per heavy atom. The predicted octanol–water partition coefficient (Wildman–Crippen LogP) is 5.50. The van der Waals surface area contributed by atoms with Crippen molar-refractivity contribution in [1.82, 2.24) is 9.97 Å². The van der Waals surface area contributed by atoms with E-state index in [0.29, 0.717) is 15.8 Å². The van der Waals surface area contributed by atoms with Crippen LogP contribution in [0.25, 0.3) is 11.3 Å². The van der Waals surface area contributed by atoms with E-state index < -0.39 is 5.91 Å². The lowest BCUT2D eigenvalue weighted by molar-refractivity contribution is -0.110. The Bertz CT molecular complexity index is 1240.